The second kappa shape index (κ2) is 9.46. The van der Waals surface area contributed by atoms with E-state index in [-0.39, 0.29) is 24.7 Å². The molecule has 1 saturated heterocycles. The minimum atomic E-state index is -2.44. The normalized spacial score (nSPS) is 15.4. The molecule has 0 bridgehead atoms. The molecule has 1 aliphatic heterocycles. The van der Waals surface area contributed by atoms with Crippen LogP contribution in [0.3, 0.4) is 0 Å². The lowest BCUT2D eigenvalue weighted by atomic mass is 10.4. The molecule has 0 N–H and O–H groups in total. The Morgan fingerprint density at radius 3 is 1.89 bits per heavy atom. The van der Waals surface area contributed by atoms with Crippen LogP contribution >= 0.6 is 0 Å². The van der Waals surface area contributed by atoms with Gasteiger partial charge in [-0.3, -0.25) is 9.59 Å². The van der Waals surface area contributed by atoms with E-state index in [2.05, 4.69) is 13.8 Å². The molecule has 108 valence electrons. The smallest absolute Gasteiger partial charge is 0.453 e. The number of imide groups is 1. The van der Waals surface area contributed by atoms with Crippen LogP contribution in [0.5, 0.6) is 0 Å². The molecule has 0 atom stereocenters. The fourth-order valence-electron chi connectivity index (χ4n) is 1.52. The molecule has 0 aliphatic carbocycles. The summed E-state index contributed by atoms with van der Waals surface area (Å²) in [6.07, 6.45) is 4.26. The van der Waals surface area contributed by atoms with E-state index in [0.717, 1.165) is 30.7 Å². The van der Waals surface area contributed by atoms with Gasteiger partial charge in [0.25, 0.3) is 11.8 Å². The Morgan fingerprint density at radius 1 is 1.00 bits per heavy atom. The van der Waals surface area contributed by atoms with Crippen molar-refractivity contribution in [1.29, 1.82) is 0 Å². The number of carbonyl (C=O) groups excluding carboxylic acids is 2. The van der Waals surface area contributed by atoms with E-state index in [1.54, 1.807) is 0 Å². The van der Waals surface area contributed by atoms with Gasteiger partial charge in [0.1, 0.15) is 0 Å². The first-order valence-corrected chi connectivity index (χ1v) is 8.36. The molecule has 6 nitrogen and oxygen atoms in total. The molecule has 0 aromatic rings. The Labute approximate surface area is 119 Å². The van der Waals surface area contributed by atoms with Gasteiger partial charge in [-0.05, 0) is 12.8 Å². The molecule has 2 amide bonds. The number of amides is 2. The Kier molecular flexibility index (Phi) is 8.26. The second-order valence-electron chi connectivity index (χ2n) is 4.42. The van der Waals surface area contributed by atoms with Gasteiger partial charge in [0.15, 0.2) is 0 Å². The summed E-state index contributed by atoms with van der Waals surface area (Å²) in [6.45, 7) is 5.20. The fraction of sp³-hybridized carbons (Fsp3) is 0.833. The van der Waals surface area contributed by atoms with E-state index in [4.69, 9.17) is 11.5 Å². The quantitative estimate of drug-likeness (QED) is 0.347. The highest BCUT2D eigenvalue weighted by Crippen LogP contribution is 2.13. The average molecular weight is 287 g/mol. The Morgan fingerprint density at radius 2 is 1.47 bits per heavy atom. The molecule has 1 rings (SSSR count). The van der Waals surface area contributed by atoms with Gasteiger partial charge in [-0.2, -0.15) is 5.06 Å². The molecule has 1 heterocycles. The van der Waals surface area contributed by atoms with E-state index in [1.807, 2.05) is 0 Å². The van der Waals surface area contributed by atoms with E-state index < -0.39 is 15.1 Å². The van der Waals surface area contributed by atoms with Crippen molar-refractivity contribution in [1.82, 2.24) is 5.06 Å². The van der Waals surface area contributed by atoms with Crippen LogP contribution in [0.1, 0.15) is 52.4 Å². The highest BCUT2D eigenvalue weighted by Gasteiger charge is 2.40. The summed E-state index contributed by atoms with van der Waals surface area (Å²) < 4.78 is 16.4. The lowest BCUT2D eigenvalue weighted by Gasteiger charge is -2.18. The van der Waals surface area contributed by atoms with Gasteiger partial charge >= 0.3 is 15.1 Å². The Hall–Kier alpha value is -0.448. The topological polar surface area (TPSA) is 65.1 Å². The third kappa shape index (κ3) is 6.02. The standard InChI is InChI=1S/C4H4NO3.2C4H9O.Al/c6-3-1-2-4(7)5(3)8;2*1-2-3-4-5;/h1-2H2;2*2-4H2,1H3;/q3*-1;+3. The van der Waals surface area contributed by atoms with Crippen LogP contribution in [0.15, 0.2) is 0 Å². The molecule has 0 aromatic heterocycles. The maximum atomic E-state index is 11.5. The summed E-state index contributed by atoms with van der Waals surface area (Å²) in [5.74, 6) is -0.610. The van der Waals surface area contributed by atoms with Crippen molar-refractivity contribution in [3.05, 3.63) is 0 Å². The van der Waals surface area contributed by atoms with Crippen LogP contribution in [-0.2, 0) is 21.1 Å². The van der Waals surface area contributed by atoms with Gasteiger partial charge in [-0.1, -0.05) is 26.7 Å². The van der Waals surface area contributed by atoms with Crippen LogP contribution in [0, 0.1) is 0 Å². The van der Waals surface area contributed by atoms with Crippen molar-refractivity contribution in [2.75, 3.05) is 13.2 Å². The summed E-state index contributed by atoms with van der Waals surface area (Å²) in [6, 6.07) is 0. The summed E-state index contributed by atoms with van der Waals surface area (Å²) in [5, 5.41) is 0.828. The molecule has 0 radical (unpaired) electrons. The van der Waals surface area contributed by atoms with Gasteiger partial charge in [0.2, 0.25) is 0 Å². The third-order valence-electron chi connectivity index (χ3n) is 2.70. The first-order valence-electron chi connectivity index (χ1n) is 6.94. The van der Waals surface area contributed by atoms with Crippen molar-refractivity contribution in [3.63, 3.8) is 0 Å². The van der Waals surface area contributed by atoms with Crippen LogP contribution in [-0.4, -0.2) is 45.2 Å². The molecular formula is C12H22AlNO5. The lowest BCUT2D eigenvalue weighted by Crippen LogP contribution is -2.40. The highest BCUT2D eigenvalue weighted by atomic mass is 27.3. The highest BCUT2D eigenvalue weighted by molar-refractivity contribution is 6.36. The van der Waals surface area contributed by atoms with Gasteiger partial charge in [-0.25, -0.2) is 0 Å². The van der Waals surface area contributed by atoms with Gasteiger partial charge < -0.3 is 11.5 Å². The first-order chi connectivity index (χ1) is 9.19. The number of unbranched alkanes of at least 4 members (excludes halogenated alkanes) is 2. The number of hydroxylamine groups is 2. The summed E-state index contributed by atoms with van der Waals surface area (Å²) in [4.78, 5) is 22.9. The third-order valence-corrected chi connectivity index (χ3v) is 4.10. The number of carbonyl (C=O) groups is 2. The Bertz CT molecular complexity index is 274. The van der Waals surface area contributed by atoms with Crippen LogP contribution in [0.4, 0.5) is 0 Å². The lowest BCUT2D eigenvalue weighted by molar-refractivity contribution is -0.172. The number of hydrogen-bond donors (Lipinski definition) is 0. The zero-order chi connectivity index (χ0) is 14.1. The van der Waals surface area contributed by atoms with Crippen LogP contribution in [0.25, 0.3) is 0 Å². The van der Waals surface area contributed by atoms with E-state index >= 15 is 0 Å². The maximum Gasteiger partial charge on any atom is 0.929 e. The molecule has 7 heteroatoms. The van der Waals surface area contributed by atoms with Crippen molar-refractivity contribution in [2.24, 2.45) is 0 Å². The van der Waals surface area contributed by atoms with Gasteiger partial charge in [0.05, 0.1) is 0 Å². The summed E-state index contributed by atoms with van der Waals surface area (Å²) in [7, 11) is 0. The molecule has 1 fully saturated rings. The number of nitrogens with zero attached hydrogens (tertiary/aromatic N) is 1. The largest absolute Gasteiger partial charge is 0.929 e. The molecular weight excluding hydrogens is 265 g/mol. The van der Waals surface area contributed by atoms with Crippen molar-refractivity contribution < 1.29 is 21.1 Å². The van der Waals surface area contributed by atoms with Crippen LogP contribution in [0.2, 0.25) is 0 Å². The zero-order valence-corrected chi connectivity index (χ0v) is 12.9. The number of hydrogen-bond acceptors (Lipinski definition) is 5. The van der Waals surface area contributed by atoms with Gasteiger partial charge in [0, 0.05) is 26.1 Å². The zero-order valence-electron chi connectivity index (χ0n) is 11.7. The predicted octanol–water partition coefficient (Wildman–Crippen LogP) is 1.69. The minimum absolute atomic E-state index is 0.212. The van der Waals surface area contributed by atoms with Crippen LogP contribution < -0.4 is 0 Å². The van der Waals surface area contributed by atoms with Gasteiger partial charge in [-0.15, -0.1) is 0 Å². The fourth-order valence-corrected chi connectivity index (χ4v) is 2.86. The van der Waals surface area contributed by atoms with E-state index in [1.165, 1.54) is 0 Å². The molecule has 0 aromatic carbocycles. The summed E-state index contributed by atoms with van der Waals surface area (Å²) >= 11 is -2.44. The maximum absolute atomic E-state index is 11.5. The first kappa shape index (κ1) is 16.6. The van der Waals surface area contributed by atoms with Crippen molar-refractivity contribution in [3.8, 4) is 0 Å². The van der Waals surface area contributed by atoms with Crippen molar-refractivity contribution in [2.45, 2.75) is 52.4 Å². The van der Waals surface area contributed by atoms with E-state index in [0.29, 0.717) is 13.2 Å². The molecule has 0 spiro atoms. The summed E-state index contributed by atoms with van der Waals surface area (Å²) in [5.41, 5.74) is 0. The molecule has 1 aliphatic rings. The predicted molar refractivity (Wildman–Crippen MR) is 69.6 cm³/mol. The second-order valence-corrected chi connectivity index (χ2v) is 5.88. The molecule has 0 unspecified atom stereocenters. The molecule has 0 saturated carbocycles. The van der Waals surface area contributed by atoms with Crippen molar-refractivity contribution >= 4 is 27.0 Å². The minimum Gasteiger partial charge on any atom is -0.453 e. The Balaban J connectivity index is 2.42. The molecule has 19 heavy (non-hydrogen) atoms. The monoisotopic (exact) mass is 287 g/mol. The number of rotatable bonds is 10. The van der Waals surface area contributed by atoms with E-state index in [9.17, 15) is 9.59 Å². The SMILES string of the molecule is CCCC[O][Al]([O]CCCC)[O]N1C(=O)CCC1=O. The average Bonchev–Trinajstić information content (AvgIpc) is 2.70.